The van der Waals surface area contributed by atoms with Gasteiger partial charge in [0, 0.05) is 49.7 Å². The molecule has 7 nitrogen and oxygen atoms in total. The van der Waals surface area contributed by atoms with E-state index >= 15 is 0 Å². The molecule has 2 aromatic rings. The van der Waals surface area contributed by atoms with Gasteiger partial charge in [-0.1, -0.05) is 0 Å². The summed E-state index contributed by atoms with van der Waals surface area (Å²) >= 11 is 1.47. The molecule has 1 atom stereocenters. The summed E-state index contributed by atoms with van der Waals surface area (Å²) in [6, 6.07) is 1.49. The van der Waals surface area contributed by atoms with E-state index in [0.717, 1.165) is 43.7 Å². The van der Waals surface area contributed by atoms with E-state index in [-0.39, 0.29) is 23.5 Å². The van der Waals surface area contributed by atoms with Crippen LogP contribution in [-0.4, -0.2) is 51.6 Å². The number of amides is 1. The molecule has 144 valence electrons. The summed E-state index contributed by atoms with van der Waals surface area (Å²) in [5, 5.41) is 2.63. The second kappa shape index (κ2) is 8.31. The van der Waals surface area contributed by atoms with Gasteiger partial charge in [0.1, 0.15) is 16.5 Å². The van der Waals surface area contributed by atoms with Crippen LogP contribution in [-0.2, 0) is 9.53 Å². The first-order valence-electron chi connectivity index (χ1n) is 9.59. The number of hydrogen-bond acceptors (Lipinski definition) is 6. The highest BCUT2D eigenvalue weighted by molar-refractivity contribution is 7.13. The van der Waals surface area contributed by atoms with Crippen LogP contribution in [0.2, 0.25) is 0 Å². The molecule has 1 amide bonds. The summed E-state index contributed by atoms with van der Waals surface area (Å²) in [6.07, 6.45) is 7.16. The first kappa shape index (κ1) is 18.3. The van der Waals surface area contributed by atoms with Crippen molar-refractivity contribution in [2.24, 2.45) is 0 Å². The molecule has 0 spiro atoms. The van der Waals surface area contributed by atoms with Crippen LogP contribution in [0.1, 0.15) is 50.3 Å². The highest BCUT2D eigenvalue weighted by Crippen LogP contribution is 2.27. The van der Waals surface area contributed by atoms with E-state index in [1.165, 1.54) is 17.4 Å². The first-order valence-corrected chi connectivity index (χ1v) is 10.5. The molecule has 2 fully saturated rings. The van der Waals surface area contributed by atoms with Crippen molar-refractivity contribution < 1.29 is 9.53 Å². The molecular weight excluding hydrogens is 364 g/mol. The molecule has 0 aliphatic carbocycles. The number of thiazole rings is 1. The van der Waals surface area contributed by atoms with Crippen molar-refractivity contribution >= 4 is 17.2 Å². The second-order valence-corrected chi connectivity index (χ2v) is 8.08. The van der Waals surface area contributed by atoms with Crippen molar-refractivity contribution in [2.45, 2.75) is 50.5 Å². The Labute approximate surface area is 161 Å². The van der Waals surface area contributed by atoms with Crippen LogP contribution in [0.4, 0.5) is 0 Å². The number of nitrogens with one attached hydrogen (secondary N) is 1. The Bertz CT molecular complexity index is 822. The number of hydrogen-bond donors (Lipinski definition) is 1. The molecule has 2 saturated heterocycles. The third kappa shape index (κ3) is 4.44. The zero-order chi connectivity index (χ0) is 18.6. The monoisotopic (exact) mass is 388 g/mol. The van der Waals surface area contributed by atoms with Gasteiger partial charge in [-0.25, -0.2) is 9.97 Å². The number of rotatable bonds is 5. The first-order chi connectivity index (χ1) is 13.2. The summed E-state index contributed by atoms with van der Waals surface area (Å²) < 4.78 is 5.60. The maximum Gasteiger partial charge on any atom is 0.251 e. The van der Waals surface area contributed by atoms with Crippen LogP contribution in [0.5, 0.6) is 0 Å². The molecule has 0 unspecified atom stereocenters. The Kier molecular flexibility index (Phi) is 5.63. The summed E-state index contributed by atoms with van der Waals surface area (Å²) in [7, 11) is 0. The van der Waals surface area contributed by atoms with E-state index in [2.05, 4.69) is 15.0 Å². The van der Waals surface area contributed by atoms with Crippen molar-refractivity contribution in [1.82, 2.24) is 19.9 Å². The van der Waals surface area contributed by atoms with Gasteiger partial charge in [0.05, 0.1) is 6.10 Å². The summed E-state index contributed by atoms with van der Waals surface area (Å²) in [5.41, 5.74) is 0.471. The normalized spacial score (nSPS) is 20.9. The smallest absolute Gasteiger partial charge is 0.251 e. The average Bonchev–Trinajstić information content (AvgIpc) is 3.39. The summed E-state index contributed by atoms with van der Waals surface area (Å²) in [6.45, 7) is 2.25. The Morgan fingerprint density at radius 3 is 2.89 bits per heavy atom. The number of aromatic amines is 1. The molecule has 8 heteroatoms. The second-order valence-electron chi connectivity index (χ2n) is 7.18. The Morgan fingerprint density at radius 1 is 1.33 bits per heavy atom. The van der Waals surface area contributed by atoms with Crippen LogP contribution in [0.3, 0.4) is 0 Å². The van der Waals surface area contributed by atoms with Crippen molar-refractivity contribution in [2.75, 3.05) is 19.7 Å². The molecular formula is C19H24N4O3S. The van der Waals surface area contributed by atoms with Gasteiger partial charge >= 0.3 is 0 Å². The van der Waals surface area contributed by atoms with E-state index in [4.69, 9.17) is 4.74 Å². The number of piperidine rings is 1. The average molecular weight is 388 g/mol. The fraction of sp³-hybridized carbons (Fsp3) is 0.579. The number of aromatic nitrogens is 3. The van der Waals surface area contributed by atoms with E-state index in [1.807, 2.05) is 10.3 Å². The van der Waals surface area contributed by atoms with Gasteiger partial charge in [-0.15, -0.1) is 11.3 Å². The Balaban J connectivity index is 1.35. The third-order valence-electron chi connectivity index (χ3n) is 5.35. The van der Waals surface area contributed by atoms with Gasteiger partial charge in [-0.3, -0.25) is 9.59 Å². The fourth-order valence-corrected chi connectivity index (χ4v) is 4.44. The van der Waals surface area contributed by atoms with Crippen molar-refractivity contribution in [3.05, 3.63) is 33.8 Å². The van der Waals surface area contributed by atoms with Crippen LogP contribution < -0.4 is 5.56 Å². The van der Waals surface area contributed by atoms with E-state index in [9.17, 15) is 9.59 Å². The maximum absolute atomic E-state index is 12.5. The molecule has 4 heterocycles. The molecule has 27 heavy (non-hydrogen) atoms. The highest BCUT2D eigenvalue weighted by Gasteiger charge is 2.26. The third-order valence-corrected chi connectivity index (χ3v) is 6.15. The molecule has 0 saturated carbocycles. The molecule has 0 radical (unpaired) electrons. The summed E-state index contributed by atoms with van der Waals surface area (Å²) in [5.74, 6) is 1.08. The fourth-order valence-electron chi connectivity index (χ4n) is 3.85. The molecule has 2 aliphatic heterocycles. The molecule has 2 aliphatic rings. The number of carbonyl (C=O) groups excluding carboxylic acids is 1. The molecule has 0 bridgehead atoms. The SMILES string of the molecule is O=C(CC[C@@H]1CCCO1)N1CCC(c2nc(-c3nccs3)cc(=O)[nH]2)CC1. The number of H-pyrrole nitrogens is 1. The largest absolute Gasteiger partial charge is 0.378 e. The minimum atomic E-state index is -0.153. The Hall–Kier alpha value is -2.06. The molecule has 0 aromatic carbocycles. The minimum absolute atomic E-state index is 0.153. The standard InChI is InChI=1S/C19H24N4O3S/c24-16-12-15(19-20-7-11-27-19)21-18(22-16)13-5-8-23(9-6-13)17(25)4-3-14-2-1-10-26-14/h7,11-14H,1-6,8-10H2,(H,21,22,24)/t14-/m0/s1. The van der Waals surface area contributed by atoms with Crippen LogP contribution in [0.15, 0.2) is 22.4 Å². The summed E-state index contributed by atoms with van der Waals surface area (Å²) in [4.78, 5) is 38.2. The maximum atomic E-state index is 12.5. The lowest BCUT2D eigenvalue weighted by molar-refractivity contribution is -0.132. The predicted octanol–water partition coefficient (Wildman–Crippen LogP) is 2.56. The van der Waals surface area contributed by atoms with Gasteiger partial charge in [0.25, 0.3) is 5.56 Å². The van der Waals surface area contributed by atoms with Gasteiger partial charge in [0.2, 0.25) is 5.91 Å². The van der Waals surface area contributed by atoms with Gasteiger partial charge < -0.3 is 14.6 Å². The lowest BCUT2D eigenvalue weighted by atomic mass is 9.95. The number of likely N-dealkylation sites (tertiary alicyclic amines) is 1. The quantitative estimate of drug-likeness (QED) is 0.850. The van der Waals surface area contributed by atoms with Crippen molar-refractivity contribution in [3.63, 3.8) is 0 Å². The van der Waals surface area contributed by atoms with Gasteiger partial charge in [-0.05, 0) is 32.1 Å². The molecule has 1 N–H and O–H groups in total. The zero-order valence-corrected chi connectivity index (χ0v) is 16.0. The van der Waals surface area contributed by atoms with E-state index < -0.39 is 0 Å². The van der Waals surface area contributed by atoms with Crippen LogP contribution >= 0.6 is 11.3 Å². The Morgan fingerprint density at radius 2 is 2.19 bits per heavy atom. The van der Waals surface area contributed by atoms with Crippen LogP contribution in [0, 0.1) is 0 Å². The van der Waals surface area contributed by atoms with Crippen LogP contribution in [0.25, 0.3) is 10.7 Å². The highest BCUT2D eigenvalue weighted by atomic mass is 32.1. The van der Waals surface area contributed by atoms with Gasteiger partial charge in [-0.2, -0.15) is 0 Å². The lowest BCUT2D eigenvalue weighted by Gasteiger charge is -2.31. The van der Waals surface area contributed by atoms with Gasteiger partial charge in [0.15, 0.2) is 0 Å². The number of carbonyl (C=O) groups is 1. The lowest BCUT2D eigenvalue weighted by Crippen LogP contribution is -2.38. The number of ether oxygens (including phenoxy) is 1. The van der Waals surface area contributed by atoms with E-state index in [0.29, 0.717) is 31.0 Å². The van der Waals surface area contributed by atoms with Crippen molar-refractivity contribution in [1.29, 1.82) is 0 Å². The number of nitrogens with zero attached hydrogens (tertiary/aromatic N) is 3. The minimum Gasteiger partial charge on any atom is -0.378 e. The molecule has 4 rings (SSSR count). The topological polar surface area (TPSA) is 88.2 Å². The zero-order valence-electron chi connectivity index (χ0n) is 15.2. The molecule has 2 aromatic heterocycles. The van der Waals surface area contributed by atoms with Crippen molar-refractivity contribution in [3.8, 4) is 10.7 Å². The predicted molar refractivity (Wildman–Crippen MR) is 103 cm³/mol. The van der Waals surface area contributed by atoms with E-state index in [1.54, 1.807) is 6.20 Å².